The molecule has 0 atom stereocenters. The van der Waals surface area contributed by atoms with Gasteiger partial charge in [0, 0.05) is 16.7 Å². The van der Waals surface area contributed by atoms with Gasteiger partial charge in [-0.15, -0.1) is 0 Å². The van der Waals surface area contributed by atoms with E-state index in [0.717, 1.165) is 27.9 Å². The average Bonchev–Trinajstić information content (AvgIpc) is 3.08. The first-order valence-electron chi connectivity index (χ1n) is 8.88. The average molecular weight is 497 g/mol. The second-order valence-corrected chi connectivity index (χ2v) is 8.24. The first kappa shape index (κ1) is 20.2. The van der Waals surface area contributed by atoms with Crippen LogP contribution in [0.4, 0.5) is 9.52 Å². The molecule has 2 aromatic carbocycles. The lowest BCUT2D eigenvalue weighted by molar-refractivity contribution is 0.0983. The Labute approximate surface area is 176 Å². The fraction of sp³-hybridized carbons (Fsp3) is 0.300. The third-order valence-corrected chi connectivity index (χ3v) is 6.44. The molecule has 1 aromatic heterocycles. The van der Waals surface area contributed by atoms with Crippen LogP contribution in [-0.4, -0.2) is 42.0 Å². The number of rotatable bonds is 7. The lowest BCUT2D eigenvalue weighted by Gasteiger charge is -2.25. The number of carbonyl (C=O) groups excluding carboxylic acids is 1. The molecule has 0 unspecified atom stereocenters. The van der Waals surface area contributed by atoms with Gasteiger partial charge in [-0.1, -0.05) is 37.3 Å². The summed E-state index contributed by atoms with van der Waals surface area (Å²) in [5.74, 6) is -0.372. The van der Waals surface area contributed by atoms with Gasteiger partial charge < -0.3 is 4.90 Å². The summed E-state index contributed by atoms with van der Waals surface area (Å²) < 4.78 is 15.2. The molecule has 0 fully saturated rings. The quantitative estimate of drug-likeness (QED) is 0.430. The van der Waals surface area contributed by atoms with E-state index in [1.165, 1.54) is 23.5 Å². The number of halogens is 2. The van der Waals surface area contributed by atoms with Crippen molar-refractivity contribution < 1.29 is 9.18 Å². The topological polar surface area (TPSA) is 36.4 Å². The van der Waals surface area contributed by atoms with Gasteiger partial charge in [-0.25, -0.2) is 9.37 Å². The smallest absolute Gasteiger partial charge is 0.261 e. The predicted octanol–water partition coefficient (Wildman–Crippen LogP) is 5.03. The van der Waals surface area contributed by atoms with Crippen molar-refractivity contribution in [3.8, 4) is 0 Å². The molecule has 0 saturated carbocycles. The van der Waals surface area contributed by atoms with Gasteiger partial charge in [-0.3, -0.25) is 9.69 Å². The van der Waals surface area contributed by atoms with Crippen molar-refractivity contribution in [2.75, 3.05) is 31.1 Å². The number of hydrogen-bond donors (Lipinski definition) is 0. The molecule has 7 heteroatoms. The highest BCUT2D eigenvalue weighted by Gasteiger charge is 2.23. The molecule has 0 radical (unpaired) electrons. The van der Waals surface area contributed by atoms with Gasteiger partial charge in [0.25, 0.3) is 5.91 Å². The number of likely N-dealkylation sites (N-methyl/N-ethyl adjacent to an activating group) is 1. The highest BCUT2D eigenvalue weighted by atomic mass is 127. The van der Waals surface area contributed by atoms with Gasteiger partial charge in [-0.2, -0.15) is 0 Å². The highest BCUT2D eigenvalue weighted by molar-refractivity contribution is 14.1. The van der Waals surface area contributed by atoms with Crippen LogP contribution in [0.2, 0.25) is 0 Å². The van der Waals surface area contributed by atoms with E-state index in [0.29, 0.717) is 22.8 Å². The van der Waals surface area contributed by atoms with Crippen LogP contribution >= 0.6 is 33.9 Å². The normalized spacial score (nSPS) is 11.3. The van der Waals surface area contributed by atoms with Crippen molar-refractivity contribution in [2.45, 2.75) is 13.8 Å². The Morgan fingerprint density at radius 1 is 1.15 bits per heavy atom. The summed E-state index contributed by atoms with van der Waals surface area (Å²) in [4.78, 5) is 21.9. The van der Waals surface area contributed by atoms with Crippen LogP contribution in [0, 0.1) is 9.39 Å². The standard InChI is InChI=1S/C20H21FIN3OS/c1-3-24(4-2)11-12-25(19(26)15-7-5-6-8-16(15)22)20-23-17-10-9-14(21)13-18(17)27-20/h5-10,13H,3-4,11-12H2,1-2H3. The lowest BCUT2D eigenvalue weighted by Crippen LogP contribution is -2.39. The van der Waals surface area contributed by atoms with Gasteiger partial charge in [0.2, 0.25) is 0 Å². The Kier molecular flexibility index (Phi) is 6.78. The maximum Gasteiger partial charge on any atom is 0.261 e. The lowest BCUT2D eigenvalue weighted by atomic mass is 10.2. The SMILES string of the molecule is CCN(CC)CCN(C(=O)c1ccccc1I)c1nc2ccc(F)cc2s1. The summed E-state index contributed by atoms with van der Waals surface area (Å²) in [6, 6.07) is 12.1. The fourth-order valence-electron chi connectivity index (χ4n) is 2.85. The number of thiazole rings is 1. The number of nitrogens with zero attached hydrogens (tertiary/aromatic N) is 3. The second-order valence-electron chi connectivity index (χ2n) is 6.07. The molecule has 0 aliphatic heterocycles. The Balaban J connectivity index is 1.97. The van der Waals surface area contributed by atoms with E-state index < -0.39 is 0 Å². The number of amides is 1. The van der Waals surface area contributed by atoms with Crippen LogP contribution in [0.15, 0.2) is 42.5 Å². The molecule has 0 aliphatic carbocycles. The van der Waals surface area contributed by atoms with Crippen molar-refractivity contribution in [3.05, 3.63) is 57.4 Å². The van der Waals surface area contributed by atoms with Gasteiger partial charge in [0.15, 0.2) is 5.13 Å². The molecule has 142 valence electrons. The van der Waals surface area contributed by atoms with E-state index >= 15 is 0 Å². The van der Waals surface area contributed by atoms with E-state index in [1.807, 2.05) is 24.3 Å². The largest absolute Gasteiger partial charge is 0.302 e. The molecular formula is C20H21FIN3OS. The molecule has 0 aliphatic rings. The number of fused-ring (bicyclic) bond motifs is 1. The fourth-order valence-corrected chi connectivity index (χ4v) is 4.48. The van der Waals surface area contributed by atoms with Gasteiger partial charge >= 0.3 is 0 Å². The van der Waals surface area contributed by atoms with Crippen LogP contribution in [0.1, 0.15) is 24.2 Å². The maximum atomic E-state index is 13.6. The van der Waals surface area contributed by atoms with Crippen molar-refractivity contribution in [1.29, 1.82) is 0 Å². The molecule has 0 N–H and O–H groups in total. The van der Waals surface area contributed by atoms with Crippen LogP contribution in [0.5, 0.6) is 0 Å². The Bertz CT molecular complexity index is 942. The summed E-state index contributed by atoms with van der Waals surface area (Å²) in [6.45, 7) is 7.35. The molecule has 0 saturated heterocycles. The molecule has 1 amide bonds. The van der Waals surface area contributed by atoms with Crippen molar-refractivity contribution >= 4 is 55.2 Å². The Morgan fingerprint density at radius 2 is 1.89 bits per heavy atom. The molecule has 3 rings (SSSR count). The maximum absolute atomic E-state index is 13.6. The zero-order valence-electron chi connectivity index (χ0n) is 15.3. The first-order valence-corrected chi connectivity index (χ1v) is 10.8. The number of hydrogen-bond acceptors (Lipinski definition) is 4. The van der Waals surface area contributed by atoms with E-state index in [2.05, 4.69) is 46.3 Å². The Hall–Kier alpha value is -1.58. The molecule has 27 heavy (non-hydrogen) atoms. The minimum atomic E-state index is -0.295. The minimum absolute atomic E-state index is 0.0771. The molecule has 0 bridgehead atoms. The van der Waals surface area contributed by atoms with Gasteiger partial charge in [0.1, 0.15) is 5.82 Å². The zero-order chi connectivity index (χ0) is 19.4. The summed E-state index contributed by atoms with van der Waals surface area (Å²) in [7, 11) is 0. The third-order valence-electron chi connectivity index (χ3n) is 4.45. The van der Waals surface area contributed by atoms with E-state index in [1.54, 1.807) is 11.0 Å². The Morgan fingerprint density at radius 3 is 2.59 bits per heavy atom. The van der Waals surface area contributed by atoms with Gasteiger partial charge in [0.05, 0.1) is 15.8 Å². The number of anilines is 1. The molecule has 0 spiro atoms. The summed E-state index contributed by atoms with van der Waals surface area (Å²) >= 11 is 3.53. The summed E-state index contributed by atoms with van der Waals surface area (Å²) in [5, 5.41) is 0.604. The van der Waals surface area contributed by atoms with Crippen molar-refractivity contribution in [3.63, 3.8) is 0 Å². The number of aromatic nitrogens is 1. The van der Waals surface area contributed by atoms with Crippen molar-refractivity contribution in [1.82, 2.24) is 9.88 Å². The summed E-state index contributed by atoms with van der Waals surface area (Å²) in [6.07, 6.45) is 0. The predicted molar refractivity (Wildman–Crippen MR) is 118 cm³/mol. The molecule has 4 nitrogen and oxygen atoms in total. The van der Waals surface area contributed by atoms with Crippen LogP contribution in [0.25, 0.3) is 10.2 Å². The number of benzene rings is 2. The van der Waals surface area contributed by atoms with Crippen molar-refractivity contribution in [2.24, 2.45) is 0 Å². The van der Waals surface area contributed by atoms with E-state index in [-0.39, 0.29) is 11.7 Å². The van der Waals surface area contributed by atoms with Crippen LogP contribution in [-0.2, 0) is 0 Å². The molecule has 3 aromatic rings. The van der Waals surface area contributed by atoms with E-state index in [4.69, 9.17) is 0 Å². The number of carbonyl (C=O) groups is 1. The highest BCUT2D eigenvalue weighted by Crippen LogP contribution is 2.30. The first-order chi connectivity index (χ1) is 13.0. The van der Waals surface area contributed by atoms with Gasteiger partial charge in [-0.05, 0) is 66.0 Å². The molecular weight excluding hydrogens is 476 g/mol. The monoisotopic (exact) mass is 497 g/mol. The zero-order valence-corrected chi connectivity index (χ0v) is 18.3. The van der Waals surface area contributed by atoms with Crippen LogP contribution in [0.3, 0.4) is 0 Å². The van der Waals surface area contributed by atoms with Crippen LogP contribution < -0.4 is 4.90 Å². The van der Waals surface area contributed by atoms with E-state index in [9.17, 15) is 9.18 Å². The second kappa shape index (κ2) is 9.07. The third kappa shape index (κ3) is 4.64. The summed E-state index contributed by atoms with van der Waals surface area (Å²) in [5.41, 5.74) is 1.36. The minimum Gasteiger partial charge on any atom is -0.302 e. The molecule has 1 heterocycles.